The zero-order valence-corrected chi connectivity index (χ0v) is 14.6. The van der Waals surface area contributed by atoms with Gasteiger partial charge in [0.15, 0.2) is 0 Å². The Morgan fingerprint density at radius 1 is 1.32 bits per heavy atom. The molecule has 3 heteroatoms. The fourth-order valence-corrected chi connectivity index (χ4v) is 3.17. The van der Waals surface area contributed by atoms with E-state index in [0.717, 1.165) is 26.1 Å². The average molecular weight is 302 g/mol. The van der Waals surface area contributed by atoms with E-state index in [2.05, 4.69) is 48.3 Å². The van der Waals surface area contributed by atoms with Gasteiger partial charge in [-0.3, -0.25) is 9.69 Å². The van der Waals surface area contributed by atoms with Gasteiger partial charge in [-0.05, 0) is 24.8 Å². The van der Waals surface area contributed by atoms with Gasteiger partial charge in [-0.2, -0.15) is 0 Å². The molecular formula is C19H30N2O. The molecule has 1 aromatic rings. The molecule has 0 saturated carbocycles. The molecule has 1 aromatic carbocycles. The predicted octanol–water partition coefficient (Wildman–Crippen LogP) is 3.37. The molecule has 1 N–H and O–H groups in total. The lowest BCUT2D eigenvalue weighted by Gasteiger charge is -2.37. The number of likely N-dealkylation sites (tertiary alicyclic amines) is 1. The molecule has 2 atom stereocenters. The van der Waals surface area contributed by atoms with E-state index in [4.69, 9.17) is 0 Å². The largest absolute Gasteiger partial charge is 0.352 e. The second kappa shape index (κ2) is 6.82. The minimum Gasteiger partial charge on any atom is -0.352 e. The van der Waals surface area contributed by atoms with Crippen molar-refractivity contribution in [2.24, 2.45) is 11.3 Å². The number of benzene rings is 1. The van der Waals surface area contributed by atoms with Gasteiger partial charge in [0.2, 0.25) is 5.91 Å². The van der Waals surface area contributed by atoms with Crippen molar-refractivity contribution in [1.82, 2.24) is 10.2 Å². The normalized spacial score (nSPS) is 23.3. The molecule has 0 radical (unpaired) electrons. The number of aryl methyl sites for hydroxylation is 1. The molecule has 1 amide bonds. The zero-order valence-electron chi connectivity index (χ0n) is 14.6. The maximum atomic E-state index is 12.2. The molecule has 2 unspecified atom stereocenters. The number of carbonyl (C=O) groups is 1. The molecule has 1 fully saturated rings. The molecule has 0 aliphatic carbocycles. The van der Waals surface area contributed by atoms with Crippen LogP contribution >= 0.6 is 0 Å². The second-order valence-corrected chi connectivity index (χ2v) is 7.94. The van der Waals surface area contributed by atoms with Gasteiger partial charge in [-0.15, -0.1) is 0 Å². The Hall–Kier alpha value is -1.35. The van der Waals surface area contributed by atoms with E-state index in [0.29, 0.717) is 5.92 Å². The van der Waals surface area contributed by atoms with Crippen LogP contribution in [-0.4, -0.2) is 29.9 Å². The Morgan fingerprint density at radius 3 is 2.68 bits per heavy atom. The van der Waals surface area contributed by atoms with Gasteiger partial charge in [-0.1, -0.05) is 57.5 Å². The van der Waals surface area contributed by atoms with Crippen LogP contribution in [0.2, 0.25) is 0 Å². The number of hydrogen-bond acceptors (Lipinski definition) is 2. The smallest absolute Gasteiger partial charge is 0.225 e. The van der Waals surface area contributed by atoms with Gasteiger partial charge in [0.25, 0.3) is 0 Å². The number of piperidine rings is 1. The maximum Gasteiger partial charge on any atom is 0.225 e. The van der Waals surface area contributed by atoms with Crippen molar-refractivity contribution in [2.75, 3.05) is 13.1 Å². The Morgan fingerprint density at radius 2 is 2.05 bits per heavy atom. The number of nitrogens with zero attached hydrogens (tertiary/aromatic N) is 1. The zero-order chi connectivity index (χ0) is 16.3. The van der Waals surface area contributed by atoms with E-state index in [-0.39, 0.29) is 17.4 Å². The van der Waals surface area contributed by atoms with Crippen molar-refractivity contribution in [3.63, 3.8) is 0 Å². The summed E-state index contributed by atoms with van der Waals surface area (Å²) in [5.74, 6) is 0.769. The number of amides is 1. The molecule has 0 bridgehead atoms. The van der Waals surface area contributed by atoms with Crippen LogP contribution in [0.4, 0.5) is 0 Å². The van der Waals surface area contributed by atoms with Crippen molar-refractivity contribution in [3.8, 4) is 0 Å². The SMILES string of the molecule is Cc1cccc(CN2CC(C)CC(NC(=O)C(C)(C)C)C2)c1. The molecule has 1 heterocycles. The summed E-state index contributed by atoms with van der Waals surface area (Å²) in [6, 6.07) is 8.96. The van der Waals surface area contributed by atoms with Crippen LogP contribution < -0.4 is 5.32 Å². The van der Waals surface area contributed by atoms with Crippen LogP contribution in [-0.2, 0) is 11.3 Å². The van der Waals surface area contributed by atoms with Gasteiger partial charge in [-0.25, -0.2) is 0 Å². The monoisotopic (exact) mass is 302 g/mol. The lowest BCUT2D eigenvalue weighted by atomic mass is 9.92. The molecular weight excluding hydrogens is 272 g/mol. The average Bonchev–Trinajstić information content (AvgIpc) is 2.36. The molecule has 3 nitrogen and oxygen atoms in total. The lowest BCUT2D eigenvalue weighted by molar-refractivity contribution is -0.129. The Bertz CT molecular complexity index is 518. The maximum absolute atomic E-state index is 12.2. The topological polar surface area (TPSA) is 32.3 Å². The van der Waals surface area contributed by atoms with Crippen molar-refractivity contribution in [3.05, 3.63) is 35.4 Å². The van der Waals surface area contributed by atoms with Crippen LogP contribution in [0.3, 0.4) is 0 Å². The van der Waals surface area contributed by atoms with Crippen molar-refractivity contribution in [2.45, 2.75) is 53.6 Å². The molecule has 122 valence electrons. The Kier molecular flexibility index (Phi) is 5.28. The molecule has 22 heavy (non-hydrogen) atoms. The molecule has 0 aromatic heterocycles. The second-order valence-electron chi connectivity index (χ2n) is 7.94. The third kappa shape index (κ3) is 4.84. The third-order valence-corrected chi connectivity index (χ3v) is 4.24. The van der Waals surface area contributed by atoms with Gasteiger partial charge >= 0.3 is 0 Å². The van der Waals surface area contributed by atoms with Crippen molar-refractivity contribution < 1.29 is 4.79 Å². The summed E-state index contributed by atoms with van der Waals surface area (Å²) in [6.07, 6.45) is 1.08. The highest BCUT2D eigenvalue weighted by Crippen LogP contribution is 2.21. The van der Waals surface area contributed by atoms with E-state index in [9.17, 15) is 4.79 Å². The number of rotatable bonds is 3. The van der Waals surface area contributed by atoms with Gasteiger partial charge in [0, 0.05) is 31.1 Å². The summed E-state index contributed by atoms with van der Waals surface area (Å²) in [4.78, 5) is 14.7. The highest BCUT2D eigenvalue weighted by atomic mass is 16.2. The van der Waals surface area contributed by atoms with Crippen molar-refractivity contribution in [1.29, 1.82) is 0 Å². The summed E-state index contributed by atoms with van der Waals surface area (Å²) >= 11 is 0. The first-order chi connectivity index (χ1) is 10.2. The van der Waals surface area contributed by atoms with Crippen LogP contribution in [0.25, 0.3) is 0 Å². The summed E-state index contributed by atoms with van der Waals surface area (Å²) in [5, 5.41) is 3.24. The van der Waals surface area contributed by atoms with E-state index in [1.165, 1.54) is 11.1 Å². The van der Waals surface area contributed by atoms with E-state index < -0.39 is 0 Å². The van der Waals surface area contributed by atoms with Gasteiger partial charge < -0.3 is 5.32 Å². The molecule has 1 saturated heterocycles. The first kappa shape index (κ1) is 17.0. The van der Waals surface area contributed by atoms with Crippen molar-refractivity contribution >= 4 is 5.91 Å². The predicted molar refractivity (Wildman–Crippen MR) is 91.6 cm³/mol. The van der Waals surface area contributed by atoms with Gasteiger partial charge in [0.05, 0.1) is 0 Å². The number of hydrogen-bond donors (Lipinski definition) is 1. The minimum absolute atomic E-state index is 0.155. The molecule has 0 spiro atoms. The summed E-state index contributed by atoms with van der Waals surface area (Å²) in [7, 11) is 0. The number of nitrogens with one attached hydrogen (secondary N) is 1. The van der Waals surface area contributed by atoms with Gasteiger partial charge in [0.1, 0.15) is 0 Å². The van der Waals surface area contributed by atoms with E-state index >= 15 is 0 Å². The van der Waals surface area contributed by atoms with E-state index in [1.807, 2.05) is 20.8 Å². The first-order valence-electron chi connectivity index (χ1n) is 8.33. The lowest BCUT2D eigenvalue weighted by Crippen LogP contribution is -2.52. The fraction of sp³-hybridized carbons (Fsp3) is 0.632. The third-order valence-electron chi connectivity index (χ3n) is 4.24. The molecule has 2 rings (SSSR count). The van der Waals surface area contributed by atoms with E-state index in [1.54, 1.807) is 0 Å². The number of carbonyl (C=O) groups excluding carboxylic acids is 1. The molecule has 1 aliphatic heterocycles. The van der Waals surface area contributed by atoms with Crippen LogP contribution in [0.1, 0.15) is 45.2 Å². The summed E-state index contributed by atoms with van der Waals surface area (Å²) in [5.41, 5.74) is 2.34. The summed E-state index contributed by atoms with van der Waals surface area (Å²) < 4.78 is 0. The highest BCUT2D eigenvalue weighted by Gasteiger charge is 2.29. The minimum atomic E-state index is -0.317. The molecule has 1 aliphatic rings. The standard InChI is InChI=1S/C19H30N2O/c1-14-7-6-8-16(9-14)12-21-11-15(2)10-17(13-21)20-18(22)19(3,4)5/h6-9,15,17H,10-13H2,1-5H3,(H,20,22). The van der Waals surface area contributed by atoms with Crippen LogP contribution in [0, 0.1) is 18.3 Å². The highest BCUT2D eigenvalue weighted by molar-refractivity contribution is 5.81. The summed E-state index contributed by atoms with van der Waals surface area (Å²) in [6.45, 7) is 13.3. The Balaban J connectivity index is 1.97. The fourth-order valence-electron chi connectivity index (χ4n) is 3.17. The quantitative estimate of drug-likeness (QED) is 0.928. The van der Waals surface area contributed by atoms with Crippen LogP contribution in [0.15, 0.2) is 24.3 Å². The first-order valence-corrected chi connectivity index (χ1v) is 8.33. The van der Waals surface area contributed by atoms with Crippen LogP contribution in [0.5, 0.6) is 0 Å². The Labute approximate surface area is 135 Å².